The predicted octanol–water partition coefficient (Wildman–Crippen LogP) is 3.86. The fourth-order valence-electron chi connectivity index (χ4n) is 2.05. The summed E-state index contributed by atoms with van der Waals surface area (Å²) < 4.78 is 0. The fraction of sp³-hybridized carbons (Fsp3) is 0.235. The van der Waals surface area contributed by atoms with Crippen molar-refractivity contribution >= 4 is 34.5 Å². The van der Waals surface area contributed by atoms with Crippen LogP contribution in [0.1, 0.15) is 44.7 Å². The van der Waals surface area contributed by atoms with Crippen LogP contribution in [0.5, 0.6) is 0 Å². The summed E-state index contributed by atoms with van der Waals surface area (Å²) in [6, 6.07) is 10.5. The molecular weight excluding hydrogens is 298 g/mol. The summed E-state index contributed by atoms with van der Waals surface area (Å²) in [5.41, 5.74) is 0.954. The van der Waals surface area contributed by atoms with Crippen molar-refractivity contribution in [2.24, 2.45) is 0 Å². The number of hydrogen-bond donors (Lipinski definition) is 1. The van der Waals surface area contributed by atoms with Crippen molar-refractivity contribution in [3.63, 3.8) is 0 Å². The summed E-state index contributed by atoms with van der Waals surface area (Å²) in [5.74, 6) is -0.413. The molecule has 1 aromatic heterocycles. The van der Waals surface area contributed by atoms with Gasteiger partial charge in [-0.15, -0.1) is 11.3 Å². The van der Waals surface area contributed by atoms with Gasteiger partial charge < -0.3 is 5.32 Å². The zero-order valence-electron chi connectivity index (χ0n) is 12.5. The number of nitrogens with one attached hydrogen (secondary N) is 1. The molecule has 1 aromatic carbocycles. The maximum atomic E-state index is 12.0. The molecular formula is C17H17NO3S. The van der Waals surface area contributed by atoms with Crippen molar-refractivity contribution in [2.45, 2.75) is 26.7 Å². The topological polar surface area (TPSA) is 63.2 Å². The van der Waals surface area contributed by atoms with E-state index in [0.29, 0.717) is 16.1 Å². The molecule has 0 unspecified atom stereocenters. The van der Waals surface area contributed by atoms with E-state index in [2.05, 4.69) is 5.32 Å². The van der Waals surface area contributed by atoms with E-state index in [9.17, 15) is 14.4 Å². The molecule has 0 aliphatic carbocycles. The van der Waals surface area contributed by atoms with Crippen molar-refractivity contribution in [1.82, 2.24) is 0 Å². The molecule has 5 heteroatoms. The van der Waals surface area contributed by atoms with Crippen molar-refractivity contribution < 1.29 is 14.4 Å². The Balaban J connectivity index is 1.94. The SMILES string of the molecule is CC(=O)c1ccccc1NC(=O)CCC(=O)c1ccc(C)s1. The van der Waals surface area contributed by atoms with Crippen LogP contribution < -0.4 is 5.32 Å². The van der Waals surface area contributed by atoms with Gasteiger partial charge in [-0.2, -0.15) is 0 Å². The van der Waals surface area contributed by atoms with Crippen molar-refractivity contribution in [3.05, 3.63) is 51.7 Å². The second kappa shape index (κ2) is 7.13. The molecule has 0 saturated heterocycles. The van der Waals surface area contributed by atoms with Gasteiger partial charge in [0.05, 0.1) is 10.6 Å². The second-order valence-electron chi connectivity index (χ2n) is 4.98. The van der Waals surface area contributed by atoms with Crippen LogP contribution in [0, 0.1) is 6.92 Å². The highest BCUT2D eigenvalue weighted by Crippen LogP contribution is 2.19. The Kier molecular flexibility index (Phi) is 5.22. The third-order valence-electron chi connectivity index (χ3n) is 3.17. The molecule has 0 bridgehead atoms. The van der Waals surface area contributed by atoms with Crippen LogP contribution in [0.15, 0.2) is 36.4 Å². The molecule has 0 atom stereocenters. The number of carbonyl (C=O) groups is 3. The van der Waals surface area contributed by atoms with Gasteiger partial charge in [0.2, 0.25) is 5.91 Å². The molecule has 1 amide bonds. The number of anilines is 1. The number of aryl methyl sites for hydroxylation is 1. The van der Waals surface area contributed by atoms with Gasteiger partial charge in [-0.1, -0.05) is 12.1 Å². The Bertz CT molecular complexity index is 718. The molecule has 22 heavy (non-hydrogen) atoms. The van der Waals surface area contributed by atoms with Crippen molar-refractivity contribution in [1.29, 1.82) is 0 Å². The number of ketones is 2. The maximum absolute atomic E-state index is 12.0. The lowest BCUT2D eigenvalue weighted by atomic mass is 10.1. The molecule has 0 radical (unpaired) electrons. The summed E-state index contributed by atoms with van der Waals surface area (Å²) in [5, 5.41) is 2.70. The van der Waals surface area contributed by atoms with Gasteiger partial charge in [0.15, 0.2) is 11.6 Å². The zero-order chi connectivity index (χ0) is 16.1. The quantitative estimate of drug-likeness (QED) is 0.823. The van der Waals surface area contributed by atoms with Crippen LogP contribution in [0.2, 0.25) is 0 Å². The van der Waals surface area contributed by atoms with Crippen molar-refractivity contribution in [3.8, 4) is 0 Å². The number of hydrogen-bond acceptors (Lipinski definition) is 4. The Morgan fingerprint density at radius 2 is 1.77 bits per heavy atom. The van der Waals surface area contributed by atoms with Gasteiger partial charge in [0, 0.05) is 23.3 Å². The van der Waals surface area contributed by atoms with E-state index in [1.54, 1.807) is 30.3 Å². The predicted molar refractivity (Wildman–Crippen MR) is 87.7 cm³/mol. The Morgan fingerprint density at radius 1 is 1.05 bits per heavy atom. The van der Waals surface area contributed by atoms with E-state index in [-0.39, 0.29) is 30.3 Å². The molecule has 2 aromatic rings. The normalized spacial score (nSPS) is 10.3. The van der Waals surface area contributed by atoms with Crippen LogP contribution in [0.25, 0.3) is 0 Å². The van der Waals surface area contributed by atoms with Gasteiger partial charge >= 0.3 is 0 Å². The zero-order valence-corrected chi connectivity index (χ0v) is 13.3. The van der Waals surface area contributed by atoms with Gasteiger partial charge in [-0.05, 0) is 38.1 Å². The smallest absolute Gasteiger partial charge is 0.224 e. The molecule has 1 N–H and O–H groups in total. The number of thiophene rings is 1. The van der Waals surface area contributed by atoms with Gasteiger partial charge in [0.25, 0.3) is 0 Å². The maximum Gasteiger partial charge on any atom is 0.224 e. The minimum atomic E-state index is -0.268. The fourth-order valence-corrected chi connectivity index (χ4v) is 2.88. The highest BCUT2D eigenvalue weighted by molar-refractivity contribution is 7.14. The molecule has 0 aliphatic heterocycles. The highest BCUT2D eigenvalue weighted by Gasteiger charge is 2.13. The van der Waals surface area contributed by atoms with E-state index in [0.717, 1.165) is 4.88 Å². The highest BCUT2D eigenvalue weighted by atomic mass is 32.1. The minimum absolute atomic E-state index is 0.0342. The summed E-state index contributed by atoms with van der Waals surface area (Å²) in [4.78, 5) is 37.2. The van der Waals surface area contributed by atoms with Crippen LogP contribution in [-0.4, -0.2) is 17.5 Å². The molecule has 0 aliphatic rings. The first kappa shape index (κ1) is 16.1. The lowest BCUT2D eigenvalue weighted by Gasteiger charge is -2.08. The number of Topliss-reactive ketones (excluding diaryl/α,β-unsaturated/α-hetero) is 2. The summed E-state index contributed by atoms with van der Waals surface area (Å²) in [7, 11) is 0. The van der Waals surface area contributed by atoms with E-state index in [1.165, 1.54) is 18.3 Å². The van der Waals surface area contributed by atoms with E-state index >= 15 is 0 Å². The van der Waals surface area contributed by atoms with Gasteiger partial charge in [-0.25, -0.2) is 0 Å². The van der Waals surface area contributed by atoms with Crippen LogP contribution in [0.4, 0.5) is 5.69 Å². The van der Waals surface area contributed by atoms with Crippen molar-refractivity contribution in [2.75, 3.05) is 5.32 Å². The van der Waals surface area contributed by atoms with Crippen LogP contribution in [0.3, 0.4) is 0 Å². The summed E-state index contributed by atoms with van der Waals surface area (Å²) >= 11 is 1.43. The first-order valence-corrected chi connectivity index (χ1v) is 7.78. The average Bonchev–Trinajstić information content (AvgIpc) is 2.92. The van der Waals surface area contributed by atoms with E-state index in [1.807, 2.05) is 13.0 Å². The first-order chi connectivity index (χ1) is 10.5. The van der Waals surface area contributed by atoms with E-state index in [4.69, 9.17) is 0 Å². The summed E-state index contributed by atoms with van der Waals surface area (Å²) in [6.07, 6.45) is 0.260. The Labute approximate surface area is 133 Å². The lowest BCUT2D eigenvalue weighted by Crippen LogP contribution is -2.15. The number of benzene rings is 1. The number of rotatable bonds is 6. The Hall–Kier alpha value is -2.27. The molecule has 0 fully saturated rings. The average molecular weight is 315 g/mol. The van der Waals surface area contributed by atoms with E-state index < -0.39 is 0 Å². The third-order valence-corrected chi connectivity index (χ3v) is 4.22. The third kappa shape index (κ3) is 4.11. The second-order valence-corrected chi connectivity index (χ2v) is 6.27. The van der Waals surface area contributed by atoms with Gasteiger partial charge in [-0.3, -0.25) is 14.4 Å². The standard InChI is InChI=1S/C17H17NO3S/c1-11-7-9-16(22-11)15(20)8-10-17(21)18-14-6-4-3-5-13(14)12(2)19/h3-7,9H,8,10H2,1-2H3,(H,18,21). The monoisotopic (exact) mass is 315 g/mol. The Morgan fingerprint density at radius 3 is 2.41 bits per heavy atom. The summed E-state index contributed by atoms with van der Waals surface area (Å²) in [6.45, 7) is 3.39. The van der Waals surface area contributed by atoms with Crippen LogP contribution in [-0.2, 0) is 4.79 Å². The molecule has 4 nitrogen and oxygen atoms in total. The molecule has 2 rings (SSSR count). The largest absolute Gasteiger partial charge is 0.325 e. The number of amides is 1. The molecule has 1 heterocycles. The number of carbonyl (C=O) groups excluding carboxylic acids is 3. The molecule has 0 saturated carbocycles. The van der Waals surface area contributed by atoms with Crippen LogP contribution >= 0.6 is 11.3 Å². The first-order valence-electron chi connectivity index (χ1n) is 6.97. The van der Waals surface area contributed by atoms with Gasteiger partial charge in [0.1, 0.15) is 0 Å². The minimum Gasteiger partial charge on any atom is -0.325 e. The molecule has 114 valence electrons. The number of para-hydroxylation sites is 1. The lowest BCUT2D eigenvalue weighted by molar-refractivity contribution is -0.116. The molecule has 0 spiro atoms.